The number of anilines is 1. The maximum Gasteiger partial charge on any atom is 0.348 e. The summed E-state index contributed by atoms with van der Waals surface area (Å²) in [7, 11) is 0. The molecule has 1 saturated heterocycles. The van der Waals surface area contributed by atoms with Gasteiger partial charge in [0.05, 0.1) is 5.69 Å². The number of benzene rings is 1. The average Bonchev–Trinajstić information content (AvgIpc) is 3.25. The molecule has 2 heterocycles. The van der Waals surface area contributed by atoms with Gasteiger partial charge in [-0.1, -0.05) is 37.3 Å². The maximum absolute atomic E-state index is 13.9. The van der Waals surface area contributed by atoms with Crippen molar-refractivity contribution in [2.45, 2.75) is 51.0 Å². The second-order valence-electron chi connectivity index (χ2n) is 8.55. The van der Waals surface area contributed by atoms with Crippen LogP contribution in [0.5, 0.6) is 0 Å². The summed E-state index contributed by atoms with van der Waals surface area (Å²) in [4.78, 5) is 28.0. The highest BCUT2D eigenvalue weighted by atomic mass is 32.2. The van der Waals surface area contributed by atoms with E-state index in [0.29, 0.717) is 11.6 Å². The van der Waals surface area contributed by atoms with Crippen molar-refractivity contribution in [2.75, 3.05) is 16.4 Å². The van der Waals surface area contributed by atoms with Crippen molar-refractivity contribution in [1.82, 2.24) is 0 Å². The number of amides is 1. The largest absolute Gasteiger partial charge is 0.477 e. The zero-order valence-electron chi connectivity index (χ0n) is 17.3. The van der Waals surface area contributed by atoms with Gasteiger partial charge in [0, 0.05) is 23.6 Å². The number of nitrogens with zero attached hydrogens (tertiary/aromatic N) is 1. The van der Waals surface area contributed by atoms with Gasteiger partial charge < -0.3 is 10.0 Å². The lowest BCUT2D eigenvalue weighted by Gasteiger charge is -2.42. The van der Waals surface area contributed by atoms with Gasteiger partial charge in [-0.15, -0.1) is 11.3 Å². The average molecular weight is 444 g/mol. The fourth-order valence-electron chi connectivity index (χ4n) is 4.87. The molecule has 6 heteroatoms. The summed E-state index contributed by atoms with van der Waals surface area (Å²) in [6, 6.07) is 12.2. The lowest BCUT2D eigenvalue weighted by Crippen LogP contribution is -2.49. The SMILES string of the molecule is C[C@H]1CC[C@H](C(=O)N(c2ccsc2C(=O)O)C2CCSCC2c2ccccc2)CC1. The molecule has 4 nitrogen and oxygen atoms in total. The lowest BCUT2D eigenvalue weighted by molar-refractivity contribution is -0.124. The van der Waals surface area contributed by atoms with Crippen LogP contribution in [0.4, 0.5) is 5.69 Å². The molecule has 2 fully saturated rings. The van der Waals surface area contributed by atoms with E-state index < -0.39 is 5.97 Å². The van der Waals surface area contributed by atoms with Gasteiger partial charge in [-0.2, -0.15) is 11.8 Å². The van der Waals surface area contributed by atoms with Crippen LogP contribution in [-0.2, 0) is 4.79 Å². The van der Waals surface area contributed by atoms with E-state index in [0.717, 1.165) is 43.6 Å². The number of aromatic carboxylic acids is 1. The van der Waals surface area contributed by atoms with E-state index >= 15 is 0 Å². The molecule has 0 radical (unpaired) electrons. The Morgan fingerprint density at radius 3 is 2.47 bits per heavy atom. The van der Waals surface area contributed by atoms with Crippen LogP contribution in [0.25, 0.3) is 0 Å². The summed E-state index contributed by atoms with van der Waals surface area (Å²) in [5, 5.41) is 11.6. The Morgan fingerprint density at radius 1 is 1.03 bits per heavy atom. The Balaban J connectivity index is 1.73. The Morgan fingerprint density at radius 2 is 1.77 bits per heavy atom. The quantitative estimate of drug-likeness (QED) is 0.625. The van der Waals surface area contributed by atoms with Crippen molar-refractivity contribution in [3.8, 4) is 0 Å². The molecule has 30 heavy (non-hydrogen) atoms. The lowest BCUT2D eigenvalue weighted by atomic mass is 9.81. The number of thiophene rings is 1. The Kier molecular flexibility index (Phi) is 6.84. The second-order valence-corrected chi connectivity index (χ2v) is 10.6. The van der Waals surface area contributed by atoms with Crippen LogP contribution in [0.2, 0.25) is 0 Å². The van der Waals surface area contributed by atoms with Crippen molar-refractivity contribution < 1.29 is 14.7 Å². The van der Waals surface area contributed by atoms with E-state index in [9.17, 15) is 14.7 Å². The predicted molar refractivity (Wildman–Crippen MR) is 125 cm³/mol. The van der Waals surface area contributed by atoms with Crippen molar-refractivity contribution in [1.29, 1.82) is 0 Å². The number of hydrogen-bond donors (Lipinski definition) is 1. The standard InChI is InChI=1S/C24H29NO3S2/c1-16-7-9-18(10-8-16)23(26)25(21-12-14-30-22(21)24(27)28)20-11-13-29-15-19(20)17-5-3-2-4-6-17/h2-6,12,14,16,18-20H,7-11,13,15H2,1H3,(H,27,28)/t16-,18-,19?,20?. The molecule has 2 atom stereocenters. The van der Waals surface area contributed by atoms with Gasteiger partial charge in [0.25, 0.3) is 0 Å². The highest BCUT2D eigenvalue weighted by Crippen LogP contribution is 2.41. The number of carboxylic acid groups (broad SMARTS) is 1. The minimum atomic E-state index is -0.948. The third kappa shape index (κ3) is 4.45. The molecule has 160 valence electrons. The fraction of sp³-hybridized carbons (Fsp3) is 0.500. The van der Waals surface area contributed by atoms with Crippen LogP contribution in [-0.4, -0.2) is 34.5 Å². The molecular weight excluding hydrogens is 414 g/mol. The van der Waals surface area contributed by atoms with Crippen LogP contribution in [0.15, 0.2) is 41.8 Å². The monoisotopic (exact) mass is 443 g/mol. The summed E-state index contributed by atoms with van der Waals surface area (Å²) in [5.74, 6) is 1.99. The van der Waals surface area contributed by atoms with Crippen LogP contribution < -0.4 is 4.90 Å². The first kappa shape index (κ1) is 21.4. The zero-order valence-corrected chi connectivity index (χ0v) is 19.0. The molecule has 1 amide bonds. The molecule has 4 rings (SSSR count). The first-order chi connectivity index (χ1) is 14.6. The van der Waals surface area contributed by atoms with Gasteiger partial charge in [-0.3, -0.25) is 4.79 Å². The van der Waals surface area contributed by atoms with Crippen LogP contribution in [0.3, 0.4) is 0 Å². The van der Waals surface area contributed by atoms with Crippen LogP contribution in [0, 0.1) is 11.8 Å². The van der Waals surface area contributed by atoms with E-state index in [-0.39, 0.29) is 28.7 Å². The number of carbonyl (C=O) groups excluding carboxylic acids is 1. The first-order valence-electron chi connectivity index (χ1n) is 10.8. The topological polar surface area (TPSA) is 57.6 Å². The summed E-state index contributed by atoms with van der Waals surface area (Å²) < 4.78 is 0. The molecule has 1 saturated carbocycles. The summed E-state index contributed by atoms with van der Waals surface area (Å²) in [6.45, 7) is 2.25. The minimum absolute atomic E-state index is 0.00579. The number of thioether (sulfide) groups is 1. The van der Waals surface area contributed by atoms with Gasteiger partial charge in [-0.05, 0) is 60.8 Å². The maximum atomic E-state index is 13.9. The van der Waals surface area contributed by atoms with Crippen molar-refractivity contribution in [3.05, 3.63) is 52.2 Å². The normalized spacial score (nSPS) is 26.8. The molecule has 2 unspecified atom stereocenters. The molecule has 2 aromatic rings. The Bertz CT molecular complexity index is 874. The smallest absolute Gasteiger partial charge is 0.348 e. The predicted octanol–water partition coefficient (Wildman–Crippen LogP) is 5.89. The zero-order chi connectivity index (χ0) is 21.1. The molecule has 1 aromatic carbocycles. The third-order valence-electron chi connectivity index (χ3n) is 6.58. The van der Waals surface area contributed by atoms with Gasteiger partial charge in [0.1, 0.15) is 4.88 Å². The van der Waals surface area contributed by atoms with E-state index in [2.05, 4.69) is 19.1 Å². The highest BCUT2D eigenvalue weighted by Gasteiger charge is 2.40. The first-order valence-corrected chi connectivity index (χ1v) is 12.9. The molecule has 0 bridgehead atoms. The van der Waals surface area contributed by atoms with E-state index in [1.165, 1.54) is 16.9 Å². The summed E-state index contributed by atoms with van der Waals surface area (Å²) in [6.07, 6.45) is 4.83. The minimum Gasteiger partial charge on any atom is -0.477 e. The van der Waals surface area contributed by atoms with E-state index in [4.69, 9.17) is 0 Å². The van der Waals surface area contributed by atoms with Gasteiger partial charge in [0.2, 0.25) is 5.91 Å². The van der Waals surface area contributed by atoms with Crippen molar-refractivity contribution in [3.63, 3.8) is 0 Å². The second kappa shape index (κ2) is 9.56. The molecular formula is C24H29NO3S2. The number of rotatable bonds is 5. The van der Waals surface area contributed by atoms with Crippen molar-refractivity contribution in [2.24, 2.45) is 11.8 Å². The highest BCUT2D eigenvalue weighted by molar-refractivity contribution is 7.99. The number of carbonyl (C=O) groups is 2. The molecule has 1 aromatic heterocycles. The van der Waals surface area contributed by atoms with Crippen LogP contribution in [0.1, 0.15) is 60.2 Å². The third-order valence-corrected chi connectivity index (χ3v) is 8.59. The molecule has 1 N–H and O–H groups in total. The Labute approximate surface area is 186 Å². The summed E-state index contributed by atoms with van der Waals surface area (Å²) in [5.41, 5.74) is 1.82. The summed E-state index contributed by atoms with van der Waals surface area (Å²) >= 11 is 3.14. The van der Waals surface area contributed by atoms with E-state index in [1.807, 2.05) is 40.9 Å². The fourth-order valence-corrected chi connectivity index (χ4v) is 6.84. The Hall–Kier alpha value is -1.79. The molecule has 1 aliphatic carbocycles. The molecule has 1 aliphatic heterocycles. The molecule has 0 spiro atoms. The number of hydrogen-bond acceptors (Lipinski definition) is 4. The van der Waals surface area contributed by atoms with Gasteiger partial charge in [0.15, 0.2) is 0 Å². The van der Waals surface area contributed by atoms with Gasteiger partial charge in [-0.25, -0.2) is 4.79 Å². The number of carboxylic acids is 1. The van der Waals surface area contributed by atoms with E-state index in [1.54, 1.807) is 5.38 Å². The molecule has 2 aliphatic rings. The van der Waals surface area contributed by atoms with Crippen molar-refractivity contribution >= 4 is 40.7 Å². The van der Waals surface area contributed by atoms with Crippen LogP contribution >= 0.6 is 23.1 Å². The van der Waals surface area contributed by atoms with Gasteiger partial charge >= 0.3 is 5.97 Å².